The molecular weight excluding hydrogens is 232 g/mol. The van der Waals surface area contributed by atoms with Crippen molar-refractivity contribution in [3.63, 3.8) is 0 Å². The SMILES string of the molecule is O=C(O)N1CCC(Oc2cc(F)ccc2F)C1. The van der Waals surface area contributed by atoms with Crippen LogP contribution in [-0.4, -0.2) is 35.3 Å². The van der Waals surface area contributed by atoms with E-state index in [1.807, 2.05) is 0 Å². The van der Waals surface area contributed by atoms with Gasteiger partial charge in [-0.1, -0.05) is 0 Å². The number of benzene rings is 1. The summed E-state index contributed by atoms with van der Waals surface area (Å²) in [6.07, 6.45) is -0.986. The van der Waals surface area contributed by atoms with Gasteiger partial charge in [-0.25, -0.2) is 13.6 Å². The minimum absolute atomic E-state index is 0.172. The number of rotatable bonds is 2. The zero-order valence-electron chi connectivity index (χ0n) is 8.90. The van der Waals surface area contributed by atoms with Gasteiger partial charge in [0.05, 0.1) is 6.54 Å². The van der Waals surface area contributed by atoms with E-state index >= 15 is 0 Å². The van der Waals surface area contributed by atoms with Crippen LogP contribution in [0, 0.1) is 11.6 Å². The maximum absolute atomic E-state index is 13.3. The number of nitrogens with zero attached hydrogens (tertiary/aromatic N) is 1. The summed E-state index contributed by atoms with van der Waals surface area (Å²) < 4.78 is 31.4. The second-order valence-corrected chi connectivity index (χ2v) is 3.83. The van der Waals surface area contributed by atoms with Gasteiger partial charge in [0, 0.05) is 19.0 Å². The molecule has 1 N–H and O–H groups in total. The van der Waals surface area contributed by atoms with Crippen molar-refractivity contribution in [1.82, 2.24) is 4.90 Å². The number of ether oxygens (including phenoxy) is 1. The maximum atomic E-state index is 13.3. The molecule has 1 aliphatic rings. The van der Waals surface area contributed by atoms with Crippen molar-refractivity contribution in [2.24, 2.45) is 0 Å². The topological polar surface area (TPSA) is 49.8 Å². The first-order valence-electron chi connectivity index (χ1n) is 5.16. The van der Waals surface area contributed by atoms with Gasteiger partial charge in [0.15, 0.2) is 11.6 Å². The van der Waals surface area contributed by atoms with Crippen LogP contribution in [0.5, 0.6) is 5.75 Å². The van der Waals surface area contributed by atoms with Gasteiger partial charge >= 0.3 is 6.09 Å². The predicted molar refractivity (Wildman–Crippen MR) is 55.0 cm³/mol. The first-order valence-corrected chi connectivity index (χ1v) is 5.16. The monoisotopic (exact) mass is 243 g/mol. The van der Waals surface area contributed by atoms with E-state index in [4.69, 9.17) is 9.84 Å². The second kappa shape index (κ2) is 4.57. The molecule has 1 atom stereocenters. The lowest BCUT2D eigenvalue weighted by Gasteiger charge is -2.14. The van der Waals surface area contributed by atoms with Crippen LogP contribution < -0.4 is 4.74 Å². The van der Waals surface area contributed by atoms with Gasteiger partial charge in [0.25, 0.3) is 0 Å². The van der Waals surface area contributed by atoms with E-state index in [0.29, 0.717) is 13.0 Å². The minimum Gasteiger partial charge on any atom is -0.485 e. The molecule has 1 fully saturated rings. The van der Waals surface area contributed by atoms with Gasteiger partial charge in [0.2, 0.25) is 0 Å². The van der Waals surface area contributed by atoms with Crippen LogP contribution in [0.3, 0.4) is 0 Å². The zero-order valence-corrected chi connectivity index (χ0v) is 8.90. The molecule has 0 spiro atoms. The van der Waals surface area contributed by atoms with Crippen LogP contribution in [0.25, 0.3) is 0 Å². The summed E-state index contributed by atoms with van der Waals surface area (Å²) in [5, 5.41) is 8.73. The van der Waals surface area contributed by atoms with Crippen molar-refractivity contribution >= 4 is 6.09 Å². The van der Waals surface area contributed by atoms with Crippen LogP contribution in [-0.2, 0) is 0 Å². The van der Waals surface area contributed by atoms with E-state index in [-0.39, 0.29) is 12.3 Å². The van der Waals surface area contributed by atoms with Crippen molar-refractivity contribution in [2.75, 3.05) is 13.1 Å². The van der Waals surface area contributed by atoms with Crippen molar-refractivity contribution in [3.05, 3.63) is 29.8 Å². The molecule has 1 amide bonds. The molecule has 0 saturated carbocycles. The molecule has 0 aliphatic carbocycles. The fourth-order valence-corrected chi connectivity index (χ4v) is 1.75. The fourth-order valence-electron chi connectivity index (χ4n) is 1.75. The Balaban J connectivity index is 2.02. The smallest absolute Gasteiger partial charge is 0.407 e. The molecular formula is C11H11F2NO3. The molecule has 1 aliphatic heterocycles. The molecule has 1 heterocycles. The lowest BCUT2D eigenvalue weighted by molar-refractivity contribution is 0.144. The third-order valence-electron chi connectivity index (χ3n) is 2.60. The highest BCUT2D eigenvalue weighted by Gasteiger charge is 2.27. The quantitative estimate of drug-likeness (QED) is 0.865. The summed E-state index contributed by atoms with van der Waals surface area (Å²) in [6.45, 7) is 0.516. The number of halogens is 2. The van der Waals surface area contributed by atoms with Gasteiger partial charge < -0.3 is 14.7 Å². The summed E-state index contributed by atoms with van der Waals surface area (Å²) in [4.78, 5) is 11.8. The predicted octanol–water partition coefficient (Wildman–Crippen LogP) is 2.10. The first kappa shape index (κ1) is 11.6. The first-order chi connectivity index (χ1) is 8.06. The molecule has 0 aromatic heterocycles. The van der Waals surface area contributed by atoms with Gasteiger partial charge in [0.1, 0.15) is 11.9 Å². The Bertz CT molecular complexity index is 439. The van der Waals surface area contributed by atoms with E-state index in [9.17, 15) is 13.6 Å². The Hall–Kier alpha value is -1.85. The number of carbonyl (C=O) groups is 1. The highest BCUT2D eigenvalue weighted by molar-refractivity contribution is 5.65. The van der Waals surface area contributed by atoms with Crippen molar-refractivity contribution in [3.8, 4) is 5.75 Å². The summed E-state index contributed by atoms with van der Waals surface area (Å²) in [7, 11) is 0. The highest BCUT2D eigenvalue weighted by Crippen LogP contribution is 2.22. The number of hydrogen-bond donors (Lipinski definition) is 1. The van der Waals surface area contributed by atoms with Crippen molar-refractivity contribution in [2.45, 2.75) is 12.5 Å². The number of likely N-dealkylation sites (tertiary alicyclic amines) is 1. The minimum atomic E-state index is -1.03. The zero-order chi connectivity index (χ0) is 12.4. The Morgan fingerprint density at radius 2 is 2.24 bits per heavy atom. The average molecular weight is 243 g/mol. The molecule has 0 radical (unpaired) electrons. The Morgan fingerprint density at radius 1 is 1.47 bits per heavy atom. The average Bonchev–Trinajstić information content (AvgIpc) is 2.72. The van der Waals surface area contributed by atoms with Crippen LogP contribution in [0.2, 0.25) is 0 Å². The summed E-state index contributed by atoms with van der Waals surface area (Å²) >= 11 is 0. The lowest BCUT2D eigenvalue weighted by atomic mass is 10.3. The molecule has 6 heteroatoms. The van der Waals surface area contributed by atoms with Gasteiger partial charge in [-0.2, -0.15) is 0 Å². The van der Waals surface area contributed by atoms with Gasteiger partial charge in [-0.15, -0.1) is 0 Å². The van der Waals surface area contributed by atoms with Crippen LogP contribution in [0.15, 0.2) is 18.2 Å². The molecule has 1 aromatic rings. The molecule has 17 heavy (non-hydrogen) atoms. The standard InChI is InChI=1S/C11H11F2NO3/c12-7-1-2-9(13)10(5-7)17-8-3-4-14(6-8)11(15)16/h1-2,5,8H,3-4,6H2,(H,15,16). The number of carboxylic acid groups (broad SMARTS) is 1. The van der Waals surface area contributed by atoms with Crippen molar-refractivity contribution in [1.29, 1.82) is 0 Å². The van der Waals surface area contributed by atoms with Gasteiger partial charge in [-0.3, -0.25) is 0 Å². The maximum Gasteiger partial charge on any atom is 0.407 e. The molecule has 2 rings (SSSR count). The molecule has 1 unspecified atom stereocenters. The lowest BCUT2D eigenvalue weighted by Crippen LogP contribution is -2.29. The Kier molecular flexibility index (Phi) is 3.12. The molecule has 1 saturated heterocycles. The fraction of sp³-hybridized carbons (Fsp3) is 0.364. The number of hydrogen-bond acceptors (Lipinski definition) is 2. The van der Waals surface area contributed by atoms with Gasteiger partial charge in [-0.05, 0) is 12.1 Å². The normalized spacial score (nSPS) is 19.4. The largest absolute Gasteiger partial charge is 0.485 e. The van der Waals surface area contributed by atoms with Crippen LogP contribution in [0.1, 0.15) is 6.42 Å². The highest BCUT2D eigenvalue weighted by atomic mass is 19.1. The molecule has 92 valence electrons. The van der Waals surface area contributed by atoms with Crippen molar-refractivity contribution < 1.29 is 23.4 Å². The van der Waals surface area contributed by atoms with E-state index in [1.54, 1.807) is 0 Å². The summed E-state index contributed by atoms with van der Waals surface area (Å²) in [6, 6.07) is 2.94. The molecule has 1 aromatic carbocycles. The Labute approximate surface area is 96.4 Å². The third-order valence-corrected chi connectivity index (χ3v) is 2.60. The number of amides is 1. The second-order valence-electron chi connectivity index (χ2n) is 3.83. The summed E-state index contributed by atoms with van der Waals surface area (Å²) in [5.74, 6) is -1.42. The van der Waals surface area contributed by atoms with E-state index in [2.05, 4.69) is 0 Å². The third kappa shape index (κ3) is 2.64. The van der Waals surface area contributed by atoms with E-state index in [0.717, 1.165) is 18.2 Å². The van der Waals surface area contributed by atoms with E-state index in [1.165, 1.54) is 4.90 Å². The van der Waals surface area contributed by atoms with E-state index < -0.39 is 23.8 Å². The molecule has 0 bridgehead atoms. The molecule has 4 nitrogen and oxygen atoms in total. The van der Waals surface area contributed by atoms with Crippen LogP contribution >= 0.6 is 0 Å². The summed E-state index contributed by atoms with van der Waals surface area (Å²) in [5.41, 5.74) is 0. The Morgan fingerprint density at radius 3 is 2.88 bits per heavy atom. The van der Waals surface area contributed by atoms with Crippen LogP contribution in [0.4, 0.5) is 13.6 Å².